The van der Waals surface area contributed by atoms with E-state index in [1.54, 1.807) is 66.7 Å². The molecule has 0 aliphatic heterocycles. The van der Waals surface area contributed by atoms with Crippen LogP contribution < -0.4 is 0 Å². The minimum absolute atomic E-state index is 0.119. The quantitative estimate of drug-likeness (QED) is 0.389. The van der Waals surface area contributed by atoms with Gasteiger partial charge in [0.05, 0.1) is 24.6 Å². The molecule has 0 saturated carbocycles. The summed E-state index contributed by atoms with van der Waals surface area (Å²) < 4.78 is 13.4. The average molecular weight is 360 g/mol. The molecule has 2 rings (SSSR count). The molecule has 2 aromatic heterocycles. The van der Waals surface area contributed by atoms with Gasteiger partial charge in [-0.3, -0.25) is 14.4 Å². The van der Waals surface area contributed by atoms with E-state index in [-0.39, 0.29) is 25.4 Å². The highest BCUT2D eigenvalue weighted by Crippen LogP contribution is 2.15. The Hall–Kier alpha value is -2.83. The number of aromatic nitrogens is 2. The van der Waals surface area contributed by atoms with E-state index in [0.717, 1.165) is 0 Å². The molecule has 0 aliphatic carbocycles. The molecule has 0 aromatic carbocycles. The van der Waals surface area contributed by atoms with Crippen molar-refractivity contribution < 1.29 is 23.9 Å². The van der Waals surface area contributed by atoms with Crippen LogP contribution in [0.5, 0.6) is 0 Å². The fourth-order valence-electron chi connectivity index (χ4n) is 2.73. The molecule has 0 saturated heterocycles. The first-order valence-corrected chi connectivity index (χ1v) is 8.64. The standard InChI is InChI=1S/C19H24N2O5/c1-4-25-18(23)14(19(24)26-5-2)10-13-21-12-7-9-16(21)17(22)15-8-6-11-20(15)3/h6-9,11-12,14H,4-5,10,13H2,1-3H3. The summed E-state index contributed by atoms with van der Waals surface area (Å²) >= 11 is 0. The number of carbonyl (C=O) groups is 3. The lowest BCUT2D eigenvalue weighted by Gasteiger charge is -2.15. The predicted molar refractivity (Wildman–Crippen MR) is 94.7 cm³/mol. The molecule has 0 N–H and O–H groups in total. The maximum absolute atomic E-state index is 12.7. The van der Waals surface area contributed by atoms with E-state index in [1.165, 1.54) is 0 Å². The Morgan fingerprint density at radius 3 is 2.08 bits per heavy atom. The van der Waals surface area contributed by atoms with Gasteiger partial charge in [-0.1, -0.05) is 0 Å². The van der Waals surface area contributed by atoms with Gasteiger partial charge in [-0.15, -0.1) is 0 Å². The molecule has 7 heteroatoms. The molecule has 2 aromatic rings. The Bertz CT molecular complexity index is 756. The predicted octanol–water partition coefficient (Wildman–Crippen LogP) is 2.19. The van der Waals surface area contributed by atoms with Crippen LogP contribution in [-0.2, 0) is 32.7 Å². The summed E-state index contributed by atoms with van der Waals surface area (Å²) in [4.78, 5) is 36.8. The van der Waals surface area contributed by atoms with Crippen LogP contribution in [0.25, 0.3) is 0 Å². The topological polar surface area (TPSA) is 79.5 Å². The summed E-state index contributed by atoms with van der Waals surface area (Å²) in [5, 5.41) is 0. The van der Waals surface area contributed by atoms with E-state index >= 15 is 0 Å². The largest absolute Gasteiger partial charge is 0.465 e. The van der Waals surface area contributed by atoms with Crippen molar-refractivity contribution >= 4 is 17.7 Å². The van der Waals surface area contributed by atoms with E-state index in [0.29, 0.717) is 17.9 Å². The molecule has 0 unspecified atom stereocenters. The Kier molecular flexibility index (Phi) is 6.77. The first-order valence-electron chi connectivity index (χ1n) is 8.64. The van der Waals surface area contributed by atoms with Gasteiger partial charge < -0.3 is 18.6 Å². The molecule has 0 amide bonds. The van der Waals surface area contributed by atoms with Crippen LogP contribution in [0.2, 0.25) is 0 Å². The van der Waals surface area contributed by atoms with Crippen molar-refractivity contribution in [1.82, 2.24) is 9.13 Å². The molecule has 26 heavy (non-hydrogen) atoms. The maximum Gasteiger partial charge on any atom is 0.320 e. The Morgan fingerprint density at radius 2 is 1.54 bits per heavy atom. The van der Waals surface area contributed by atoms with Crippen LogP contribution in [0.3, 0.4) is 0 Å². The molecule has 0 bridgehead atoms. The Balaban J connectivity index is 2.14. The summed E-state index contributed by atoms with van der Waals surface area (Å²) in [6, 6.07) is 7.04. The number of hydrogen-bond acceptors (Lipinski definition) is 5. The molecular formula is C19H24N2O5. The van der Waals surface area contributed by atoms with Gasteiger partial charge in [0.1, 0.15) is 0 Å². The van der Waals surface area contributed by atoms with Gasteiger partial charge in [0.15, 0.2) is 5.92 Å². The van der Waals surface area contributed by atoms with Crippen molar-refractivity contribution in [2.45, 2.75) is 26.8 Å². The number of ether oxygens (including phenoxy) is 2. The second-order valence-corrected chi connectivity index (χ2v) is 5.77. The van der Waals surface area contributed by atoms with E-state index in [1.807, 2.05) is 0 Å². The number of carbonyl (C=O) groups excluding carboxylic acids is 3. The highest BCUT2D eigenvalue weighted by molar-refractivity contribution is 6.07. The second kappa shape index (κ2) is 9.03. The average Bonchev–Trinajstić information content (AvgIpc) is 3.24. The smallest absolute Gasteiger partial charge is 0.320 e. The van der Waals surface area contributed by atoms with Crippen molar-refractivity contribution in [3.8, 4) is 0 Å². The van der Waals surface area contributed by atoms with Gasteiger partial charge in [-0.05, 0) is 44.5 Å². The minimum Gasteiger partial charge on any atom is -0.465 e. The van der Waals surface area contributed by atoms with Crippen LogP contribution in [0.4, 0.5) is 0 Å². The molecular weight excluding hydrogens is 336 g/mol. The van der Waals surface area contributed by atoms with E-state index in [4.69, 9.17) is 9.47 Å². The molecule has 0 radical (unpaired) electrons. The third kappa shape index (κ3) is 4.41. The van der Waals surface area contributed by atoms with E-state index in [2.05, 4.69) is 0 Å². The van der Waals surface area contributed by atoms with Gasteiger partial charge in [-0.25, -0.2) is 0 Å². The first-order chi connectivity index (χ1) is 12.5. The molecule has 0 aliphatic rings. The van der Waals surface area contributed by atoms with Crippen molar-refractivity contribution in [3.63, 3.8) is 0 Å². The summed E-state index contributed by atoms with van der Waals surface area (Å²) in [6.07, 6.45) is 3.75. The van der Waals surface area contributed by atoms with Crippen LogP contribution >= 0.6 is 0 Å². The molecule has 0 fully saturated rings. The van der Waals surface area contributed by atoms with Crippen LogP contribution in [0.1, 0.15) is 36.5 Å². The van der Waals surface area contributed by atoms with Crippen LogP contribution in [-0.4, -0.2) is 40.1 Å². The second-order valence-electron chi connectivity index (χ2n) is 5.77. The van der Waals surface area contributed by atoms with Crippen molar-refractivity contribution in [2.24, 2.45) is 13.0 Å². The zero-order valence-electron chi connectivity index (χ0n) is 15.3. The fourth-order valence-corrected chi connectivity index (χ4v) is 2.73. The fraction of sp³-hybridized carbons (Fsp3) is 0.421. The highest BCUT2D eigenvalue weighted by atomic mass is 16.6. The van der Waals surface area contributed by atoms with Crippen LogP contribution in [0, 0.1) is 5.92 Å². The third-order valence-electron chi connectivity index (χ3n) is 4.04. The van der Waals surface area contributed by atoms with Gasteiger partial charge in [0, 0.05) is 26.0 Å². The number of hydrogen-bond donors (Lipinski definition) is 0. The van der Waals surface area contributed by atoms with Gasteiger partial charge >= 0.3 is 11.9 Å². The molecule has 2 heterocycles. The monoisotopic (exact) mass is 360 g/mol. The molecule has 7 nitrogen and oxygen atoms in total. The van der Waals surface area contributed by atoms with E-state index in [9.17, 15) is 14.4 Å². The number of rotatable bonds is 9. The molecule has 140 valence electrons. The summed E-state index contributed by atoms with van der Waals surface area (Å²) in [5.74, 6) is -2.33. The first kappa shape index (κ1) is 19.5. The van der Waals surface area contributed by atoms with Crippen LogP contribution in [0.15, 0.2) is 36.7 Å². The number of ketones is 1. The zero-order valence-corrected chi connectivity index (χ0v) is 15.3. The maximum atomic E-state index is 12.7. The molecule has 0 atom stereocenters. The zero-order chi connectivity index (χ0) is 19.1. The number of esters is 2. The SMILES string of the molecule is CCOC(=O)C(CCn1cccc1C(=O)c1cccn1C)C(=O)OCC. The number of nitrogens with zero attached hydrogens (tertiary/aromatic N) is 2. The Morgan fingerprint density at radius 1 is 0.962 bits per heavy atom. The normalized spacial score (nSPS) is 10.8. The third-order valence-corrected chi connectivity index (χ3v) is 4.04. The lowest BCUT2D eigenvalue weighted by molar-refractivity contribution is -0.162. The van der Waals surface area contributed by atoms with Gasteiger partial charge in [-0.2, -0.15) is 0 Å². The van der Waals surface area contributed by atoms with Gasteiger partial charge in [0.25, 0.3) is 0 Å². The summed E-state index contributed by atoms with van der Waals surface area (Å²) in [5.41, 5.74) is 1.07. The van der Waals surface area contributed by atoms with E-state index < -0.39 is 17.9 Å². The minimum atomic E-state index is -1.00. The highest BCUT2D eigenvalue weighted by Gasteiger charge is 2.29. The number of aryl methyl sites for hydroxylation is 2. The Labute approximate surface area is 152 Å². The van der Waals surface area contributed by atoms with Crippen molar-refractivity contribution in [1.29, 1.82) is 0 Å². The van der Waals surface area contributed by atoms with Gasteiger partial charge in [0.2, 0.25) is 5.78 Å². The van der Waals surface area contributed by atoms with Crippen molar-refractivity contribution in [3.05, 3.63) is 48.0 Å². The lowest BCUT2D eigenvalue weighted by Crippen LogP contribution is -2.29. The summed E-state index contributed by atoms with van der Waals surface area (Å²) in [6.45, 7) is 4.07. The molecule has 0 spiro atoms. The summed E-state index contributed by atoms with van der Waals surface area (Å²) in [7, 11) is 1.80. The van der Waals surface area contributed by atoms with Crippen molar-refractivity contribution in [2.75, 3.05) is 13.2 Å². The lowest BCUT2D eigenvalue weighted by atomic mass is 10.1.